The van der Waals surface area contributed by atoms with Gasteiger partial charge in [-0.1, -0.05) is 282 Å². The van der Waals surface area contributed by atoms with Gasteiger partial charge in [-0.3, -0.25) is 9.59 Å². The van der Waals surface area contributed by atoms with Gasteiger partial charge in [0.2, 0.25) is 0 Å². The Morgan fingerprint density at radius 2 is 0.541 bits per heavy atom. The minimum Gasteiger partial charge on any atom is -0.462 e. The molecule has 0 spiro atoms. The summed E-state index contributed by atoms with van der Waals surface area (Å²) in [5, 5.41) is 9.66. The first-order valence-corrected chi connectivity index (χ1v) is 30.7. The van der Waals surface area contributed by atoms with Crippen molar-refractivity contribution in [3.63, 3.8) is 0 Å². The molecule has 74 heavy (non-hydrogen) atoms. The number of aliphatic hydroxyl groups is 1. The van der Waals surface area contributed by atoms with Crippen molar-refractivity contribution in [3.8, 4) is 0 Å². The topological polar surface area (TPSA) is 72.8 Å². The van der Waals surface area contributed by atoms with Gasteiger partial charge in [-0.25, -0.2) is 0 Å². The summed E-state index contributed by atoms with van der Waals surface area (Å²) >= 11 is 0. The van der Waals surface area contributed by atoms with Crippen molar-refractivity contribution in [2.75, 3.05) is 13.2 Å². The molecule has 0 saturated heterocycles. The van der Waals surface area contributed by atoms with E-state index in [1.165, 1.54) is 128 Å². The normalized spacial score (nSPS) is 13.2. The zero-order valence-corrected chi connectivity index (χ0v) is 48.1. The number of carbonyl (C=O) groups excluding carboxylic acids is 2. The number of unbranched alkanes of at least 4 members (excludes halogenated alkanes) is 25. The third kappa shape index (κ3) is 60.6. The van der Waals surface area contributed by atoms with Gasteiger partial charge < -0.3 is 14.6 Å². The Morgan fingerprint density at radius 1 is 0.311 bits per heavy atom. The van der Waals surface area contributed by atoms with Crippen molar-refractivity contribution < 1.29 is 24.2 Å². The smallest absolute Gasteiger partial charge is 0.306 e. The first kappa shape index (κ1) is 70.0. The molecule has 420 valence electrons. The number of carbonyl (C=O) groups is 2. The molecule has 0 rings (SSSR count). The van der Waals surface area contributed by atoms with Gasteiger partial charge in [0.1, 0.15) is 6.61 Å². The number of allylic oxidation sites excluding steroid dienone is 22. The molecule has 0 aromatic rings. The van der Waals surface area contributed by atoms with E-state index in [1.54, 1.807) is 0 Å². The SMILES string of the molecule is CC/C=C\C/C=C\C/C=C\C/C=C\C/C=C\C/C=C\C/C=C\CCCCCCCCCCCCCCCCCCCCCC(=O)OC(CO)COC(=O)CCCCCCCC/C=C\C/C=C\C/C=C\C/C=C\CC. The lowest BCUT2D eigenvalue weighted by Crippen LogP contribution is -2.28. The summed E-state index contributed by atoms with van der Waals surface area (Å²) in [6, 6.07) is 0. The van der Waals surface area contributed by atoms with E-state index in [-0.39, 0.29) is 25.2 Å². The lowest BCUT2D eigenvalue weighted by atomic mass is 10.0. The van der Waals surface area contributed by atoms with E-state index in [0.29, 0.717) is 12.8 Å². The molecule has 0 fully saturated rings. The number of aliphatic hydroxyl groups excluding tert-OH is 1. The Hall–Kier alpha value is -3.96. The van der Waals surface area contributed by atoms with Gasteiger partial charge in [0, 0.05) is 12.8 Å². The van der Waals surface area contributed by atoms with Crippen LogP contribution in [0.1, 0.15) is 271 Å². The molecule has 0 aliphatic carbocycles. The minimum absolute atomic E-state index is 0.0774. The van der Waals surface area contributed by atoms with Crippen LogP contribution >= 0.6 is 0 Å². The number of hydrogen-bond donors (Lipinski definition) is 1. The predicted molar refractivity (Wildman–Crippen MR) is 324 cm³/mol. The molecule has 0 bridgehead atoms. The molecular formula is C69H114O5. The summed E-state index contributed by atoms with van der Waals surface area (Å²) in [4.78, 5) is 24.5. The third-order valence-corrected chi connectivity index (χ3v) is 12.9. The molecule has 0 aliphatic rings. The van der Waals surface area contributed by atoms with Crippen molar-refractivity contribution in [1.82, 2.24) is 0 Å². The maximum absolute atomic E-state index is 12.3. The molecule has 0 amide bonds. The summed E-state index contributed by atoms with van der Waals surface area (Å²) in [5.74, 6) is -0.605. The van der Waals surface area contributed by atoms with E-state index in [0.717, 1.165) is 116 Å². The highest BCUT2D eigenvalue weighted by Crippen LogP contribution is 2.16. The van der Waals surface area contributed by atoms with Gasteiger partial charge in [0.05, 0.1) is 6.61 Å². The highest BCUT2D eigenvalue weighted by atomic mass is 16.6. The van der Waals surface area contributed by atoms with E-state index in [4.69, 9.17) is 9.47 Å². The molecule has 0 radical (unpaired) electrons. The fourth-order valence-corrected chi connectivity index (χ4v) is 8.41. The maximum Gasteiger partial charge on any atom is 0.306 e. The number of rotatable bonds is 55. The third-order valence-electron chi connectivity index (χ3n) is 12.9. The van der Waals surface area contributed by atoms with Crippen molar-refractivity contribution in [2.24, 2.45) is 0 Å². The fourth-order valence-electron chi connectivity index (χ4n) is 8.41. The Kier molecular flexibility index (Phi) is 59.9. The first-order chi connectivity index (χ1) is 36.6. The van der Waals surface area contributed by atoms with E-state index < -0.39 is 6.10 Å². The number of esters is 2. The van der Waals surface area contributed by atoms with Crippen LogP contribution in [0.2, 0.25) is 0 Å². The van der Waals surface area contributed by atoms with Crippen LogP contribution in [-0.2, 0) is 19.1 Å². The van der Waals surface area contributed by atoms with Gasteiger partial charge >= 0.3 is 11.9 Å². The molecule has 0 saturated carbocycles. The van der Waals surface area contributed by atoms with E-state index in [1.807, 2.05) is 0 Å². The van der Waals surface area contributed by atoms with Crippen LogP contribution in [0.15, 0.2) is 134 Å². The van der Waals surface area contributed by atoms with E-state index >= 15 is 0 Å². The fraction of sp³-hybridized carbons (Fsp3) is 0.652. The number of ether oxygens (including phenoxy) is 2. The molecule has 0 aromatic carbocycles. The zero-order chi connectivity index (χ0) is 53.4. The van der Waals surface area contributed by atoms with Crippen LogP contribution in [0.3, 0.4) is 0 Å². The largest absolute Gasteiger partial charge is 0.462 e. The summed E-state index contributed by atoms with van der Waals surface area (Å²) in [6.45, 7) is 3.91. The standard InChI is InChI=1S/C69H114O5/c1-3-5-7-9-11-13-15-17-19-21-23-24-25-26-27-28-29-30-31-32-33-34-35-36-37-38-39-40-41-42-43-44-46-48-50-52-54-56-58-60-62-64-69(72)74-67(65-70)66-73-68(71)63-61-59-57-55-53-51-49-47-45-22-20-18-16-14-12-10-8-6-4-2/h5-8,11-14,17-20,23-24,26-27,29-30,32-33,45,47,67,70H,3-4,9-10,15-16,21-22,25,28,31,34-44,46,48-66H2,1-2H3/b7-5-,8-6-,13-11-,14-12-,19-17-,20-18-,24-23-,27-26-,30-29-,33-32-,47-45-. The molecule has 1 N–H and O–H groups in total. The lowest BCUT2D eigenvalue weighted by molar-refractivity contribution is -0.161. The maximum atomic E-state index is 12.3. The van der Waals surface area contributed by atoms with Crippen LogP contribution in [0.25, 0.3) is 0 Å². The highest BCUT2D eigenvalue weighted by molar-refractivity contribution is 5.70. The molecule has 1 atom stereocenters. The summed E-state index contributed by atoms with van der Waals surface area (Å²) < 4.78 is 10.7. The molecule has 0 aromatic heterocycles. The molecule has 5 heteroatoms. The molecule has 0 heterocycles. The van der Waals surface area contributed by atoms with E-state index in [9.17, 15) is 14.7 Å². The Morgan fingerprint density at radius 3 is 0.811 bits per heavy atom. The average molecular weight is 1020 g/mol. The highest BCUT2D eigenvalue weighted by Gasteiger charge is 2.16. The predicted octanol–water partition coefficient (Wildman–Crippen LogP) is 21.2. The van der Waals surface area contributed by atoms with Crippen molar-refractivity contribution >= 4 is 11.9 Å². The van der Waals surface area contributed by atoms with Gasteiger partial charge in [0.25, 0.3) is 0 Å². The Bertz CT molecular complexity index is 1530. The minimum atomic E-state index is -0.785. The van der Waals surface area contributed by atoms with Crippen molar-refractivity contribution in [3.05, 3.63) is 134 Å². The van der Waals surface area contributed by atoms with Crippen molar-refractivity contribution in [1.29, 1.82) is 0 Å². The quantitative estimate of drug-likeness (QED) is 0.0373. The zero-order valence-electron chi connectivity index (χ0n) is 48.1. The van der Waals surface area contributed by atoms with Gasteiger partial charge in [0.15, 0.2) is 6.10 Å². The first-order valence-electron chi connectivity index (χ1n) is 30.7. The summed E-state index contributed by atoms with van der Waals surface area (Å²) in [5.41, 5.74) is 0. The second-order valence-corrected chi connectivity index (χ2v) is 20.0. The average Bonchev–Trinajstić information content (AvgIpc) is 3.40. The van der Waals surface area contributed by atoms with Crippen molar-refractivity contribution in [2.45, 2.75) is 277 Å². The van der Waals surface area contributed by atoms with Crippen LogP contribution < -0.4 is 0 Å². The van der Waals surface area contributed by atoms with Gasteiger partial charge in [-0.2, -0.15) is 0 Å². The van der Waals surface area contributed by atoms with Gasteiger partial charge in [-0.15, -0.1) is 0 Å². The molecule has 0 aliphatic heterocycles. The summed E-state index contributed by atoms with van der Waals surface area (Å²) in [7, 11) is 0. The molecule has 1 unspecified atom stereocenters. The molecular weight excluding hydrogens is 909 g/mol. The van der Waals surface area contributed by atoms with Crippen LogP contribution in [0.4, 0.5) is 0 Å². The Balaban J connectivity index is 3.49. The second-order valence-electron chi connectivity index (χ2n) is 20.0. The summed E-state index contributed by atoms with van der Waals surface area (Å²) in [6.07, 6.45) is 94.5. The van der Waals surface area contributed by atoms with E-state index in [2.05, 4.69) is 148 Å². The van der Waals surface area contributed by atoms with Crippen LogP contribution in [0.5, 0.6) is 0 Å². The number of hydrogen-bond acceptors (Lipinski definition) is 5. The Labute approximate surface area is 457 Å². The second kappa shape index (κ2) is 63.3. The monoisotopic (exact) mass is 1020 g/mol. The van der Waals surface area contributed by atoms with Crippen LogP contribution in [0, 0.1) is 0 Å². The molecule has 5 nitrogen and oxygen atoms in total. The van der Waals surface area contributed by atoms with Gasteiger partial charge in [-0.05, 0) is 109 Å². The van der Waals surface area contributed by atoms with Crippen LogP contribution in [-0.4, -0.2) is 36.4 Å². The lowest BCUT2D eigenvalue weighted by Gasteiger charge is -2.15.